The minimum absolute atomic E-state index is 0.138. The summed E-state index contributed by atoms with van der Waals surface area (Å²) in [5, 5.41) is 7.67. The van der Waals surface area contributed by atoms with Crippen LogP contribution in [0.15, 0.2) is 24.3 Å². The molecule has 2 aromatic rings. The number of para-hydroxylation sites is 1. The fourth-order valence-electron chi connectivity index (χ4n) is 2.94. The number of aromatic nitrogens is 2. The van der Waals surface area contributed by atoms with Crippen LogP contribution in [-0.4, -0.2) is 63.9 Å². The maximum Gasteiger partial charge on any atom is 0.275 e. The SMILES string of the molecule is CC(=O)N1CCN(C(=O)c2n[nH]c3ccccc23)C[C@@H](C(N)=O)C1. The third-order valence-corrected chi connectivity index (χ3v) is 4.33. The molecule has 0 saturated carbocycles. The molecule has 1 fully saturated rings. The molecule has 0 radical (unpaired) electrons. The van der Waals surface area contributed by atoms with E-state index >= 15 is 0 Å². The van der Waals surface area contributed by atoms with E-state index < -0.39 is 11.8 Å². The number of nitrogens with two attached hydrogens (primary N) is 1. The Morgan fingerprint density at radius 1 is 1.17 bits per heavy atom. The summed E-state index contributed by atoms with van der Waals surface area (Å²) in [7, 11) is 0. The monoisotopic (exact) mass is 329 g/mol. The Labute approximate surface area is 138 Å². The lowest BCUT2D eigenvalue weighted by atomic mass is 10.1. The van der Waals surface area contributed by atoms with Crippen molar-refractivity contribution in [3.63, 3.8) is 0 Å². The van der Waals surface area contributed by atoms with Crippen LogP contribution in [-0.2, 0) is 9.59 Å². The Hall–Kier alpha value is -2.90. The summed E-state index contributed by atoms with van der Waals surface area (Å²) in [5.41, 5.74) is 6.52. The fourth-order valence-corrected chi connectivity index (χ4v) is 2.94. The number of nitrogens with zero attached hydrogens (tertiary/aromatic N) is 3. The maximum atomic E-state index is 12.9. The van der Waals surface area contributed by atoms with Crippen molar-refractivity contribution in [2.45, 2.75) is 6.92 Å². The van der Waals surface area contributed by atoms with Crippen molar-refractivity contribution in [2.24, 2.45) is 11.7 Å². The third kappa shape index (κ3) is 2.94. The number of primary amides is 1. The van der Waals surface area contributed by atoms with Crippen LogP contribution >= 0.6 is 0 Å². The number of carbonyl (C=O) groups is 3. The summed E-state index contributed by atoms with van der Waals surface area (Å²) < 4.78 is 0. The number of hydrogen-bond donors (Lipinski definition) is 2. The predicted octanol–water partition coefficient (Wildman–Crippen LogP) is -0.0313. The van der Waals surface area contributed by atoms with Crippen molar-refractivity contribution in [3.05, 3.63) is 30.0 Å². The predicted molar refractivity (Wildman–Crippen MR) is 86.9 cm³/mol. The first kappa shape index (κ1) is 16.0. The van der Waals surface area contributed by atoms with Crippen molar-refractivity contribution in [1.82, 2.24) is 20.0 Å². The van der Waals surface area contributed by atoms with Gasteiger partial charge in [-0.05, 0) is 6.07 Å². The summed E-state index contributed by atoms with van der Waals surface area (Å²) in [5.74, 6) is -1.52. The lowest BCUT2D eigenvalue weighted by Crippen LogP contribution is -2.41. The van der Waals surface area contributed by atoms with Crippen LogP contribution in [0.4, 0.5) is 0 Å². The molecule has 1 aliphatic rings. The van der Waals surface area contributed by atoms with Crippen LogP contribution in [0, 0.1) is 5.92 Å². The molecule has 1 aliphatic heterocycles. The van der Waals surface area contributed by atoms with Crippen molar-refractivity contribution in [2.75, 3.05) is 26.2 Å². The van der Waals surface area contributed by atoms with Gasteiger partial charge in [0.05, 0.1) is 11.4 Å². The number of H-pyrrole nitrogens is 1. The van der Waals surface area contributed by atoms with Gasteiger partial charge in [0.2, 0.25) is 11.8 Å². The van der Waals surface area contributed by atoms with E-state index in [0.29, 0.717) is 18.8 Å². The van der Waals surface area contributed by atoms with Gasteiger partial charge in [-0.1, -0.05) is 18.2 Å². The molecule has 1 aromatic carbocycles. The minimum atomic E-state index is -0.592. The topological polar surface area (TPSA) is 112 Å². The van der Waals surface area contributed by atoms with Gasteiger partial charge in [-0.25, -0.2) is 0 Å². The summed E-state index contributed by atoms with van der Waals surface area (Å²) in [4.78, 5) is 39.3. The van der Waals surface area contributed by atoms with Crippen molar-refractivity contribution in [3.8, 4) is 0 Å². The van der Waals surface area contributed by atoms with Crippen molar-refractivity contribution in [1.29, 1.82) is 0 Å². The molecule has 8 nitrogen and oxygen atoms in total. The van der Waals surface area contributed by atoms with E-state index in [2.05, 4.69) is 10.2 Å². The lowest BCUT2D eigenvalue weighted by Gasteiger charge is -2.21. The zero-order valence-electron chi connectivity index (χ0n) is 13.4. The van der Waals surface area contributed by atoms with Crippen LogP contribution in [0.25, 0.3) is 10.9 Å². The number of rotatable bonds is 2. The molecule has 1 aromatic heterocycles. The average Bonchev–Trinajstić information content (AvgIpc) is 2.84. The Balaban J connectivity index is 1.88. The summed E-state index contributed by atoms with van der Waals surface area (Å²) in [6, 6.07) is 7.35. The average molecular weight is 329 g/mol. The van der Waals surface area contributed by atoms with E-state index in [1.807, 2.05) is 24.3 Å². The molecule has 0 aliphatic carbocycles. The Morgan fingerprint density at radius 3 is 2.54 bits per heavy atom. The number of aromatic amines is 1. The molecule has 126 valence electrons. The third-order valence-electron chi connectivity index (χ3n) is 4.33. The molecule has 0 unspecified atom stereocenters. The zero-order chi connectivity index (χ0) is 17.3. The van der Waals surface area contributed by atoms with E-state index in [-0.39, 0.29) is 24.9 Å². The zero-order valence-corrected chi connectivity index (χ0v) is 13.4. The van der Waals surface area contributed by atoms with Gasteiger partial charge < -0.3 is 15.5 Å². The van der Waals surface area contributed by atoms with Crippen LogP contribution in [0.2, 0.25) is 0 Å². The molecule has 1 saturated heterocycles. The first-order valence-corrected chi connectivity index (χ1v) is 7.74. The van der Waals surface area contributed by atoms with Gasteiger partial charge in [-0.2, -0.15) is 5.10 Å². The van der Waals surface area contributed by atoms with E-state index in [1.165, 1.54) is 6.92 Å². The Bertz CT molecular complexity index is 800. The van der Waals surface area contributed by atoms with Crippen LogP contribution in [0.5, 0.6) is 0 Å². The highest BCUT2D eigenvalue weighted by Crippen LogP contribution is 2.19. The molecule has 0 spiro atoms. The van der Waals surface area contributed by atoms with E-state index in [4.69, 9.17) is 5.73 Å². The molecular formula is C16H19N5O3. The number of hydrogen-bond acceptors (Lipinski definition) is 4. The minimum Gasteiger partial charge on any atom is -0.369 e. The smallest absolute Gasteiger partial charge is 0.275 e. The fraction of sp³-hybridized carbons (Fsp3) is 0.375. The molecule has 8 heteroatoms. The summed E-state index contributed by atoms with van der Waals surface area (Å²) in [6.45, 7) is 2.56. The van der Waals surface area contributed by atoms with Gasteiger partial charge in [0.15, 0.2) is 5.69 Å². The van der Waals surface area contributed by atoms with E-state index in [1.54, 1.807) is 9.80 Å². The first-order chi connectivity index (χ1) is 11.5. The second-order valence-corrected chi connectivity index (χ2v) is 5.93. The van der Waals surface area contributed by atoms with E-state index in [9.17, 15) is 14.4 Å². The molecule has 2 heterocycles. The van der Waals surface area contributed by atoms with Gasteiger partial charge in [0.25, 0.3) is 5.91 Å². The second-order valence-electron chi connectivity index (χ2n) is 5.93. The Morgan fingerprint density at radius 2 is 1.83 bits per heavy atom. The summed E-state index contributed by atoms with van der Waals surface area (Å²) in [6.07, 6.45) is 0. The highest BCUT2D eigenvalue weighted by atomic mass is 16.2. The molecule has 1 atom stereocenters. The van der Waals surface area contributed by atoms with Crippen molar-refractivity contribution >= 4 is 28.6 Å². The van der Waals surface area contributed by atoms with E-state index in [0.717, 1.165) is 10.9 Å². The maximum absolute atomic E-state index is 12.9. The van der Waals surface area contributed by atoms with Gasteiger partial charge in [-0.3, -0.25) is 19.5 Å². The lowest BCUT2D eigenvalue weighted by molar-refractivity contribution is -0.130. The Kier molecular flexibility index (Phi) is 4.20. The number of fused-ring (bicyclic) bond motifs is 1. The highest BCUT2D eigenvalue weighted by Gasteiger charge is 2.31. The number of benzene rings is 1. The largest absolute Gasteiger partial charge is 0.369 e. The second kappa shape index (κ2) is 6.31. The highest BCUT2D eigenvalue weighted by molar-refractivity contribution is 6.04. The van der Waals surface area contributed by atoms with Crippen molar-refractivity contribution < 1.29 is 14.4 Å². The molecule has 0 bridgehead atoms. The van der Waals surface area contributed by atoms with Crippen LogP contribution < -0.4 is 5.73 Å². The standard InChI is InChI=1S/C16H19N5O3/c1-10(22)20-6-7-21(9-11(8-20)15(17)23)16(24)14-12-4-2-3-5-13(12)18-19-14/h2-5,11H,6-9H2,1H3,(H2,17,23)(H,18,19)/t11-/m0/s1. The quantitative estimate of drug-likeness (QED) is 0.805. The number of carbonyl (C=O) groups excluding carboxylic acids is 3. The molecule has 3 N–H and O–H groups in total. The molecule has 24 heavy (non-hydrogen) atoms. The molecule has 3 rings (SSSR count). The van der Waals surface area contributed by atoms with Crippen LogP contribution in [0.1, 0.15) is 17.4 Å². The normalized spacial score (nSPS) is 18.5. The van der Waals surface area contributed by atoms with Gasteiger partial charge in [0.1, 0.15) is 0 Å². The number of amides is 3. The first-order valence-electron chi connectivity index (χ1n) is 7.74. The summed E-state index contributed by atoms with van der Waals surface area (Å²) >= 11 is 0. The molecule has 3 amide bonds. The van der Waals surface area contributed by atoms with Gasteiger partial charge >= 0.3 is 0 Å². The van der Waals surface area contributed by atoms with Crippen LogP contribution in [0.3, 0.4) is 0 Å². The van der Waals surface area contributed by atoms with Gasteiger partial charge in [-0.15, -0.1) is 0 Å². The van der Waals surface area contributed by atoms with Gasteiger partial charge in [0, 0.05) is 38.5 Å². The molecular weight excluding hydrogens is 310 g/mol. The number of nitrogens with one attached hydrogen (secondary N) is 1.